The average molecular weight is 314 g/mol. The summed E-state index contributed by atoms with van der Waals surface area (Å²) in [7, 11) is 2.91. The molecule has 1 N–H and O–H groups in total. The smallest absolute Gasteiger partial charge is 0.346 e. The first kappa shape index (κ1) is 16.4. The molecule has 2 aromatic rings. The van der Waals surface area contributed by atoms with Gasteiger partial charge in [-0.15, -0.1) is 0 Å². The molecule has 0 aliphatic rings. The Morgan fingerprint density at radius 1 is 1.26 bits per heavy atom. The van der Waals surface area contributed by atoms with Gasteiger partial charge in [0.15, 0.2) is 6.61 Å². The number of pyridine rings is 1. The number of benzene rings is 1. The average Bonchev–Trinajstić information content (AvgIpc) is 2.59. The molecule has 2 rings (SSSR count). The first-order valence-electron chi connectivity index (χ1n) is 6.94. The fraction of sp³-hybridized carbons (Fsp3) is 0.188. The standard InChI is InChI=1S/C16H18N4O3/c1-20(22-2)16(21)19-15-10-6-9-14(18-15)12-23-17-11-13-7-4-3-5-8-13/h3-11H,12H2,1-2H3,(H,18,19,21). The fourth-order valence-electron chi connectivity index (χ4n) is 1.64. The maximum absolute atomic E-state index is 11.7. The van der Waals surface area contributed by atoms with Gasteiger partial charge in [0.05, 0.1) is 19.0 Å². The molecule has 0 saturated carbocycles. The van der Waals surface area contributed by atoms with Gasteiger partial charge in [-0.1, -0.05) is 41.6 Å². The van der Waals surface area contributed by atoms with Crippen molar-refractivity contribution in [2.24, 2.45) is 5.16 Å². The number of hydrogen-bond donors (Lipinski definition) is 1. The molecule has 0 bridgehead atoms. The number of rotatable bonds is 6. The SMILES string of the molecule is CON(C)C(=O)Nc1cccc(CON=Cc2ccccc2)n1. The number of carbonyl (C=O) groups excluding carboxylic acids is 1. The van der Waals surface area contributed by atoms with Gasteiger partial charge in [-0.3, -0.25) is 10.2 Å². The monoisotopic (exact) mass is 314 g/mol. The summed E-state index contributed by atoms with van der Waals surface area (Å²) in [4.78, 5) is 25.9. The Morgan fingerprint density at radius 3 is 2.78 bits per heavy atom. The van der Waals surface area contributed by atoms with E-state index in [1.165, 1.54) is 14.2 Å². The zero-order chi connectivity index (χ0) is 16.5. The summed E-state index contributed by atoms with van der Waals surface area (Å²) in [6, 6.07) is 14.4. The van der Waals surface area contributed by atoms with Crippen LogP contribution in [-0.2, 0) is 16.3 Å². The van der Waals surface area contributed by atoms with Crippen LogP contribution in [0.25, 0.3) is 0 Å². The van der Waals surface area contributed by atoms with Crippen LogP contribution in [-0.4, -0.2) is 36.5 Å². The Labute approximate surface area is 134 Å². The second-order valence-corrected chi connectivity index (χ2v) is 4.54. The van der Waals surface area contributed by atoms with Gasteiger partial charge >= 0.3 is 6.03 Å². The van der Waals surface area contributed by atoms with E-state index in [9.17, 15) is 4.79 Å². The lowest BCUT2D eigenvalue weighted by atomic mass is 10.2. The zero-order valence-electron chi connectivity index (χ0n) is 13.0. The van der Waals surface area contributed by atoms with Crippen LogP contribution in [0.3, 0.4) is 0 Å². The van der Waals surface area contributed by atoms with Gasteiger partial charge in [0, 0.05) is 7.05 Å². The van der Waals surface area contributed by atoms with Gasteiger partial charge < -0.3 is 4.84 Å². The third kappa shape index (κ3) is 5.40. The Hall–Kier alpha value is -2.93. The van der Waals surface area contributed by atoms with Crippen molar-refractivity contribution in [3.63, 3.8) is 0 Å². The van der Waals surface area contributed by atoms with Crippen molar-refractivity contribution in [1.82, 2.24) is 10.0 Å². The molecule has 0 aliphatic heterocycles. The summed E-state index contributed by atoms with van der Waals surface area (Å²) >= 11 is 0. The van der Waals surface area contributed by atoms with Gasteiger partial charge in [-0.05, 0) is 17.7 Å². The molecule has 0 atom stereocenters. The van der Waals surface area contributed by atoms with Crippen LogP contribution in [0.15, 0.2) is 53.7 Å². The zero-order valence-corrected chi connectivity index (χ0v) is 13.0. The maximum Gasteiger partial charge on any atom is 0.346 e. The topological polar surface area (TPSA) is 76.0 Å². The van der Waals surface area contributed by atoms with Crippen molar-refractivity contribution in [1.29, 1.82) is 0 Å². The van der Waals surface area contributed by atoms with E-state index in [0.717, 1.165) is 10.6 Å². The van der Waals surface area contributed by atoms with Crippen LogP contribution < -0.4 is 5.32 Å². The summed E-state index contributed by atoms with van der Waals surface area (Å²) in [6.07, 6.45) is 1.62. The lowest BCUT2D eigenvalue weighted by molar-refractivity contribution is -0.0598. The second kappa shape index (κ2) is 8.50. The van der Waals surface area contributed by atoms with Gasteiger partial charge in [-0.2, -0.15) is 0 Å². The molecular weight excluding hydrogens is 296 g/mol. The predicted molar refractivity (Wildman–Crippen MR) is 86.9 cm³/mol. The fourth-order valence-corrected chi connectivity index (χ4v) is 1.64. The van der Waals surface area contributed by atoms with Crippen molar-refractivity contribution < 1.29 is 14.5 Å². The number of aromatic nitrogens is 1. The van der Waals surface area contributed by atoms with E-state index in [2.05, 4.69) is 15.5 Å². The first-order valence-corrected chi connectivity index (χ1v) is 6.94. The minimum Gasteiger partial charge on any atom is -0.389 e. The van der Waals surface area contributed by atoms with E-state index < -0.39 is 6.03 Å². The van der Waals surface area contributed by atoms with E-state index in [0.29, 0.717) is 11.5 Å². The number of nitrogens with zero attached hydrogens (tertiary/aromatic N) is 3. The van der Waals surface area contributed by atoms with Gasteiger partial charge in [-0.25, -0.2) is 14.8 Å². The maximum atomic E-state index is 11.7. The van der Waals surface area contributed by atoms with Gasteiger partial charge in [0.2, 0.25) is 0 Å². The molecule has 0 aliphatic carbocycles. The van der Waals surface area contributed by atoms with Crippen LogP contribution in [0.4, 0.5) is 10.6 Å². The third-order valence-electron chi connectivity index (χ3n) is 2.89. The van der Waals surface area contributed by atoms with E-state index in [-0.39, 0.29) is 6.61 Å². The lowest BCUT2D eigenvalue weighted by Crippen LogP contribution is -2.30. The van der Waals surface area contributed by atoms with Crippen molar-refractivity contribution in [2.75, 3.05) is 19.5 Å². The van der Waals surface area contributed by atoms with Gasteiger partial charge in [0.1, 0.15) is 5.82 Å². The number of amides is 2. The molecule has 0 fully saturated rings. The van der Waals surface area contributed by atoms with Crippen LogP contribution in [0.1, 0.15) is 11.3 Å². The number of hydrogen-bond acceptors (Lipinski definition) is 5. The van der Waals surface area contributed by atoms with Crippen LogP contribution in [0.2, 0.25) is 0 Å². The summed E-state index contributed by atoms with van der Waals surface area (Å²) in [6.45, 7) is 0.202. The minimum atomic E-state index is -0.417. The largest absolute Gasteiger partial charge is 0.389 e. The Balaban J connectivity index is 1.87. The van der Waals surface area contributed by atoms with E-state index in [1.807, 2.05) is 30.3 Å². The normalized spacial score (nSPS) is 10.5. The lowest BCUT2D eigenvalue weighted by Gasteiger charge is -2.14. The van der Waals surface area contributed by atoms with Crippen LogP contribution in [0.5, 0.6) is 0 Å². The second-order valence-electron chi connectivity index (χ2n) is 4.54. The number of hydroxylamine groups is 2. The minimum absolute atomic E-state index is 0.202. The highest BCUT2D eigenvalue weighted by atomic mass is 16.7. The Bertz CT molecular complexity index is 661. The Kier molecular flexibility index (Phi) is 6.07. The van der Waals surface area contributed by atoms with Gasteiger partial charge in [0.25, 0.3) is 0 Å². The number of anilines is 1. The van der Waals surface area contributed by atoms with E-state index >= 15 is 0 Å². The summed E-state index contributed by atoms with van der Waals surface area (Å²) in [5.74, 6) is 0.409. The quantitative estimate of drug-likeness (QED) is 0.657. The highest BCUT2D eigenvalue weighted by Gasteiger charge is 2.08. The van der Waals surface area contributed by atoms with E-state index in [4.69, 9.17) is 9.68 Å². The molecule has 120 valence electrons. The molecule has 1 aromatic carbocycles. The van der Waals surface area contributed by atoms with Crippen LogP contribution in [0, 0.1) is 0 Å². The molecule has 23 heavy (non-hydrogen) atoms. The molecule has 0 saturated heterocycles. The summed E-state index contributed by atoms with van der Waals surface area (Å²) in [5, 5.41) is 7.56. The molecule has 0 spiro atoms. The first-order chi connectivity index (χ1) is 11.2. The molecule has 1 heterocycles. The van der Waals surface area contributed by atoms with Crippen molar-refractivity contribution >= 4 is 18.1 Å². The molecule has 2 amide bonds. The summed E-state index contributed by atoms with van der Waals surface area (Å²) in [5.41, 5.74) is 1.59. The molecule has 7 heteroatoms. The van der Waals surface area contributed by atoms with E-state index in [1.54, 1.807) is 24.4 Å². The van der Waals surface area contributed by atoms with Crippen LogP contribution >= 0.6 is 0 Å². The highest BCUT2D eigenvalue weighted by molar-refractivity contribution is 5.87. The molecular formula is C16H18N4O3. The van der Waals surface area contributed by atoms with Crippen molar-refractivity contribution in [3.05, 3.63) is 59.8 Å². The number of urea groups is 1. The molecule has 7 nitrogen and oxygen atoms in total. The molecule has 0 unspecified atom stereocenters. The number of carbonyl (C=O) groups is 1. The van der Waals surface area contributed by atoms with Crippen molar-refractivity contribution in [3.8, 4) is 0 Å². The summed E-state index contributed by atoms with van der Waals surface area (Å²) < 4.78 is 0. The Morgan fingerprint density at radius 2 is 2.04 bits per heavy atom. The highest BCUT2D eigenvalue weighted by Crippen LogP contribution is 2.07. The molecule has 1 aromatic heterocycles. The predicted octanol–water partition coefficient (Wildman–Crippen LogP) is 2.66. The number of nitrogens with one attached hydrogen (secondary N) is 1. The molecule has 0 radical (unpaired) electrons. The third-order valence-corrected chi connectivity index (χ3v) is 2.89. The number of oxime groups is 1. The van der Waals surface area contributed by atoms with Crippen molar-refractivity contribution in [2.45, 2.75) is 6.61 Å².